The van der Waals surface area contributed by atoms with Crippen molar-refractivity contribution in [2.24, 2.45) is 0 Å². The quantitative estimate of drug-likeness (QED) is 0.720. The first kappa shape index (κ1) is 11.6. The highest BCUT2D eigenvalue weighted by Crippen LogP contribution is 2.22. The lowest BCUT2D eigenvalue weighted by Gasteiger charge is -2.07. The van der Waals surface area contributed by atoms with E-state index in [9.17, 15) is 13.6 Å². The van der Waals surface area contributed by atoms with Crippen LogP contribution in [0.25, 0.3) is 0 Å². The van der Waals surface area contributed by atoms with Crippen molar-refractivity contribution >= 4 is 5.78 Å². The third-order valence-corrected chi connectivity index (χ3v) is 1.82. The summed E-state index contributed by atoms with van der Waals surface area (Å²) >= 11 is 0. The first-order valence-corrected chi connectivity index (χ1v) is 4.15. The molecular weight excluding hydrogens is 206 g/mol. The van der Waals surface area contributed by atoms with Crippen LogP contribution >= 0.6 is 0 Å². The Hall–Kier alpha value is -1.49. The van der Waals surface area contributed by atoms with Gasteiger partial charge in [0.2, 0.25) is 0 Å². The second-order valence-electron chi connectivity index (χ2n) is 2.82. The van der Waals surface area contributed by atoms with Gasteiger partial charge in [-0.15, -0.1) is 0 Å². The van der Waals surface area contributed by atoms with Gasteiger partial charge in [-0.2, -0.15) is 0 Å². The first-order chi connectivity index (χ1) is 7.10. The maximum Gasteiger partial charge on any atom is 0.192 e. The molecule has 0 atom stereocenters. The molecule has 3 nitrogen and oxygen atoms in total. The molecule has 0 aliphatic rings. The average molecular weight is 216 g/mol. The smallest absolute Gasteiger partial charge is 0.192 e. The van der Waals surface area contributed by atoms with E-state index >= 15 is 0 Å². The van der Waals surface area contributed by atoms with E-state index in [1.807, 2.05) is 0 Å². The summed E-state index contributed by atoms with van der Waals surface area (Å²) < 4.78 is 35.0. The Balaban J connectivity index is 3.15. The summed E-state index contributed by atoms with van der Waals surface area (Å²) in [7, 11) is 2.61. The highest BCUT2D eigenvalue weighted by Gasteiger charge is 2.16. The summed E-state index contributed by atoms with van der Waals surface area (Å²) in [5, 5.41) is 0. The molecule has 1 rings (SSSR count). The van der Waals surface area contributed by atoms with Crippen LogP contribution < -0.4 is 4.74 Å². The molecule has 0 aliphatic heterocycles. The highest BCUT2D eigenvalue weighted by atomic mass is 19.2. The molecular formula is C10H10F2O3. The summed E-state index contributed by atoms with van der Waals surface area (Å²) in [6, 6.07) is 1.63. The fourth-order valence-electron chi connectivity index (χ4n) is 1.12. The molecule has 5 heteroatoms. The molecule has 1 aromatic carbocycles. The minimum Gasteiger partial charge on any atom is -0.496 e. The molecule has 1 aromatic rings. The van der Waals surface area contributed by atoms with E-state index in [1.54, 1.807) is 0 Å². The second-order valence-corrected chi connectivity index (χ2v) is 2.82. The number of Topliss-reactive ketones (excluding diaryl/α,β-unsaturated/α-hetero) is 1. The van der Waals surface area contributed by atoms with E-state index in [0.717, 1.165) is 12.1 Å². The van der Waals surface area contributed by atoms with Gasteiger partial charge in [0.15, 0.2) is 17.4 Å². The van der Waals surface area contributed by atoms with Crippen molar-refractivity contribution in [2.75, 3.05) is 20.8 Å². The zero-order valence-electron chi connectivity index (χ0n) is 8.34. The lowest BCUT2D eigenvalue weighted by Crippen LogP contribution is -2.09. The van der Waals surface area contributed by atoms with Crippen LogP contribution in [0.2, 0.25) is 0 Å². The average Bonchev–Trinajstić information content (AvgIpc) is 2.21. The van der Waals surface area contributed by atoms with Crippen LogP contribution in [-0.4, -0.2) is 26.6 Å². The minimum atomic E-state index is -1.09. The number of hydrogen-bond donors (Lipinski definition) is 0. The van der Waals surface area contributed by atoms with Crippen LogP contribution in [0.1, 0.15) is 10.4 Å². The SMILES string of the molecule is COCC(=O)c1cc(F)c(F)cc1OC. The Kier molecular flexibility index (Phi) is 3.74. The number of ether oxygens (including phenoxy) is 2. The van der Waals surface area contributed by atoms with E-state index in [-0.39, 0.29) is 17.9 Å². The predicted octanol–water partition coefficient (Wildman–Crippen LogP) is 1.80. The molecule has 0 radical (unpaired) electrons. The van der Waals surface area contributed by atoms with Crippen LogP contribution in [-0.2, 0) is 4.74 Å². The molecule has 0 heterocycles. The number of carbonyl (C=O) groups is 1. The number of rotatable bonds is 4. The van der Waals surface area contributed by atoms with Crippen LogP contribution in [0.3, 0.4) is 0 Å². The van der Waals surface area contributed by atoms with E-state index in [2.05, 4.69) is 4.74 Å². The zero-order chi connectivity index (χ0) is 11.4. The van der Waals surface area contributed by atoms with E-state index in [0.29, 0.717) is 0 Å². The molecule has 0 spiro atoms. The van der Waals surface area contributed by atoms with Crippen LogP contribution in [0.15, 0.2) is 12.1 Å². The maximum absolute atomic E-state index is 12.9. The summed E-state index contributed by atoms with van der Waals surface area (Å²) in [5.74, 6) is -2.61. The largest absolute Gasteiger partial charge is 0.496 e. The summed E-state index contributed by atoms with van der Waals surface area (Å²) in [5.41, 5.74) is -0.0294. The van der Waals surface area contributed by atoms with Gasteiger partial charge in [0.05, 0.1) is 12.7 Å². The molecule has 82 valence electrons. The van der Waals surface area contributed by atoms with Crippen molar-refractivity contribution in [2.45, 2.75) is 0 Å². The molecule has 0 saturated heterocycles. The number of halogens is 2. The fraction of sp³-hybridized carbons (Fsp3) is 0.300. The normalized spacial score (nSPS) is 10.1. The van der Waals surface area contributed by atoms with Crippen LogP contribution in [0.5, 0.6) is 5.75 Å². The van der Waals surface area contributed by atoms with Gasteiger partial charge in [-0.3, -0.25) is 4.79 Å². The number of methoxy groups -OCH3 is 2. The Morgan fingerprint density at radius 1 is 1.27 bits per heavy atom. The van der Waals surface area contributed by atoms with Crippen LogP contribution in [0.4, 0.5) is 8.78 Å². The van der Waals surface area contributed by atoms with Crippen molar-refractivity contribution in [1.82, 2.24) is 0 Å². The van der Waals surface area contributed by atoms with Gasteiger partial charge in [-0.1, -0.05) is 0 Å². The van der Waals surface area contributed by atoms with E-state index < -0.39 is 17.4 Å². The number of carbonyl (C=O) groups excluding carboxylic acids is 1. The van der Waals surface area contributed by atoms with Crippen molar-refractivity contribution in [3.8, 4) is 5.75 Å². The van der Waals surface area contributed by atoms with Crippen LogP contribution in [0, 0.1) is 11.6 Å². The minimum absolute atomic E-state index is 0.00375. The highest BCUT2D eigenvalue weighted by molar-refractivity contribution is 5.99. The summed E-state index contributed by atoms with van der Waals surface area (Å²) in [6.45, 7) is -0.207. The Morgan fingerprint density at radius 3 is 2.40 bits per heavy atom. The molecule has 0 unspecified atom stereocenters. The van der Waals surface area contributed by atoms with E-state index in [1.165, 1.54) is 14.2 Å². The van der Waals surface area contributed by atoms with Gasteiger partial charge in [0.1, 0.15) is 12.4 Å². The van der Waals surface area contributed by atoms with Crippen molar-refractivity contribution in [3.05, 3.63) is 29.3 Å². The summed E-state index contributed by atoms with van der Waals surface area (Å²) in [4.78, 5) is 11.4. The van der Waals surface area contributed by atoms with Gasteiger partial charge in [0.25, 0.3) is 0 Å². The predicted molar refractivity (Wildman–Crippen MR) is 49.1 cm³/mol. The van der Waals surface area contributed by atoms with Crippen molar-refractivity contribution in [1.29, 1.82) is 0 Å². The number of ketones is 1. The number of hydrogen-bond acceptors (Lipinski definition) is 3. The zero-order valence-corrected chi connectivity index (χ0v) is 8.34. The maximum atomic E-state index is 12.9. The Bertz CT molecular complexity index is 377. The Morgan fingerprint density at radius 2 is 1.87 bits per heavy atom. The van der Waals surface area contributed by atoms with Gasteiger partial charge in [-0.25, -0.2) is 8.78 Å². The van der Waals surface area contributed by atoms with Gasteiger partial charge >= 0.3 is 0 Å². The molecule has 0 bridgehead atoms. The molecule has 0 aromatic heterocycles. The van der Waals surface area contributed by atoms with E-state index in [4.69, 9.17) is 4.74 Å². The molecule has 0 N–H and O–H groups in total. The summed E-state index contributed by atoms with van der Waals surface area (Å²) in [6.07, 6.45) is 0. The molecule has 0 fully saturated rings. The molecule has 15 heavy (non-hydrogen) atoms. The fourth-order valence-corrected chi connectivity index (χ4v) is 1.12. The Labute approximate surface area is 85.6 Å². The monoisotopic (exact) mass is 216 g/mol. The molecule has 0 saturated carbocycles. The topological polar surface area (TPSA) is 35.5 Å². The third-order valence-electron chi connectivity index (χ3n) is 1.82. The van der Waals surface area contributed by atoms with Gasteiger partial charge in [-0.05, 0) is 6.07 Å². The lowest BCUT2D eigenvalue weighted by atomic mass is 10.1. The van der Waals surface area contributed by atoms with Crippen molar-refractivity contribution in [3.63, 3.8) is 0 Å². The van der Waals surface area contributed by atoms with Gasteiger partial charge < -0.3 is 9.47 Å². The van der Waals surface area contributed by atoms with Crippen molar-refractivity contribution < 1.29 is 23.0 Å². The molecule has 0 amide bonds. The van der Waals surface area contributed by atoms with Gasteiger partial charge in [0, 0.05) is 13.2 Å². The first-order valence-electron chi connectivity index (χ1n) is 4.15. The standard InChI is InChI=1S/C10H10F2O3/c1-14-5-9(13)6-3-7(11)8(12)4-10(6)15-2/h3-4H,5H2,1-2H3. The second kappa shape index (κ2) is 4.84. The number of benzene rings is 1. The third kappa shape index (κ3) is 2.50. The lowest BCUT2D eigenvalue weighted by molar-refractivity contribution is 0.0844. The molecule has 0 aliphatic carbocycles.